The Morgan fingerprint density at radius 1 is 1.04 bits per heavy atom. The van der Waals surface area contributed by atoms with Gasteiger partial charge in [0.2, 0.25) is 17.7 Å². The summed E-state index contributed by atoms with van der Waals surface area (Å²) in [5, 5.41) is 8.17. The number of benzene rings is 1. The number of rotatable bonds is 4. The predicted octanol–water partition coefficient (Wildman–Crippen LogP) is 1.19. The Hall–Kier alpha value is -3.16. The van der Waals surface area contributed by atoms with Crippen LogP contribution in [0.25, 0.3) is 0 Å². The van der Waals surface area contributed by atoms with Crippen LogP contribution in [-0.4, -0.2) is 66.7 Å². The summed E-state index contributed by atoms with van der Waals surface area (Å²) in [6.07, 6.45) is 0.276. The molecule has 0 spiro atoms. The third-order valence-electron chi connectivity index (χ3n) is 5.29. The second-order valence-electron chi connectivity index (χ2n) is 6.99. The number of hydrogen-bond acceptors (Lipinski definition) is 6. The number of amides is 2. The number of anilines is 2. The lowest BCUT2D eigenvalue weighted by Crippen LogP contribution is -2.51. The van der Waals surface area contributed by atoms with Crippen LogP contribution in [0.4, 0.5) is 11.5 Å². The van der Waals surface area contributed by atoms with Crippen LogP contribution >= 0.6 is 0 Å². The Morgan fingerprint density at radius 3 is 2.43 bits per heavy atom. The average molecular weight is 381 g/mol. The molecular formula is C20H23N5O3. The zero-order valence-electron chi connectivity index (χ0n) is 15.8. The summed E-state index contributed by atoms with van der Waals surface area (Å²) in [5.74, 6) is 1.05. The lowest BCUT2D eigenvalue weighted by Gasteiger charge is -2.36. The van der Waals surface area contributed by atoms with Crippen LogP contribution in [0.15, 0.2) is 42.5 Å². The van der Waals surface area contributed by atoms with Gasteiger partial charge in [0.1, 0.15) is 0 Å². The molecule has 1 atom stereocenters. The van der Waals surface area contributed by atoms with Gasteiger partial charge in [-0.1, -0.05) is 18.2 Å². The van der Waals surface area contributed by atoms with Crippen molar-refractivity contribution < 1.29 is 14.3 Å². The Morgan fingerprint density at radius 2 is 1.79 bits per heavy atom. The number of ether oxygens (including phenoxy) is 1. The molecule has 2 saturated heterocycles. The summed E-state index contributed by atoms with van der Waals surface area (Å²) in [4.78, 5) is 31.0. The van der Waals surface area contributed by atoms with Crippen LogP contribution in [0.3, 0.4) is 0 Å². The van der Waals surface area contributed by atoms with Gasteiger partial charge in [0.15, 0.2) is 5.82 Å². The van der Waals surface area contributed by atoms with Crippen LogP contribution in [0, 0.1) is 5.92 Å². The van der Waals surface area contributed by atoms with Gasteiger partial charge in [0, 0.05) is 50.9 Å². The van der Waals surface area contributed by atoms with E-state index in [1.807, 2.05) is 41.3 Å². The molecule has 3 heterocycles. The highest BCUT2D eigenvalue weighted by molar-refractivity contribution is 6.00. The number of methoxy groups -OCH3 is 1. The second-order valence-corrected chi connectivity index (χ2v) is 6.99. The van der Waals surface area contributed by atoms with E-state index < -0.39 is 0 Å². The third-order valence-corrected chi connectivity index (χ3v) is 5.29. The first kappa shape index (κ1) is 18.2. The molecule has 2 fully saturated rings. The van der Waals surface area contributed by atoms with E-state index in [2.05, 4.69) is 15.1 Å². The van der Waals surface area contributed by atoms with E-state index in [-0.39, 0.29) is 24.2 Å². The molecule has 0 bridgehead atoms. The van der Waals surface area contributed by atoms with E-state index in [0.29, 0.717) is 38.6 Å². The summed E-state index contributed by atoms with van der Waals surface area (Å²) in [7, 11) is 1.56. The van der Waals surface area contributed by atoms with Crippen molar-refractivity contribution in [1.82, 2.24) is 15.1 Å². The molecule has 0 radical (unpaired) electrons. The van der Waals surface area contributed by atoms with Gasteiger partial charge in [-0.15, -0.1) is 10.2 Å². The number of nitrogens with zero attached hydrogens (tertiary/aromatic N) is 5. The first-order valence-electron chi connectivity index (χ1n) is 9.42. The van der Waals surface area contributed by atoms with Gasteiger partial charge in [-0.25, -0.2) is 0 Å². The van der Waals surface area contributed by atoms with E-state index >= 15 is 0 Å². The molecule has 0 saturated carbocycles. The summed E-state index contributed by atoms with van der Waals surface area (Å²) in [6.45, 7) is 3.06. The van der Waals surface area contributed by atoms with Gasteiger partial charge in [-0.05, 0) is 18.2 Å². The number of carbonyl (C=O) groups is 2. The van der Waals surface area contributed by atoms with E-state index in [0.717, 1.165) is 11.5 Å². The van der Waals surface area contributed by atoms with Gasteiger partial charge < -0.3 is 19.4 Å². The number of piperazine rings is 1. The Kier molecular flexibility index (Phi) is 5.10. The van der Waals surface area contributed by atoms with Crippen molar-refractivity contribution in [2.45, 2.75) is 6.42 Å². The smallest absolute Gasteiger partial charge is 0.233 e. The molecule has 4 rings (SSSR count). The predicted molar refractivity (Wildman–Crippen MR) is 104 cm³/mol. The van der Waals surface area contributed by atoms with Gasteiger partial charge in [-0.2, -0.15) is 0 Å². The lowest BCUT2D eigenvalue weighted by molar-refractivity contribution is -0.136. The zero-order valence-corrected chi connectivity index (χ0v) is 15.8. The highest BCUT2D eigenvalue weighted by Crippen LogP contribution is 2.26. The molecular weight excluding hydrogens is 358 g/mol. The van der Waals surface area contributed by atoms with Crippen LogP contribution in [0.2, 0.25) is 0 Å². The van der Waals surface area contributed by atoms with Crippen LogP contribution in [0.1, 0.15) is 6.42 Å². The van der Waals surface area contributed by atoms with E-state index in [9.17, 15) is 9.59 Å². The number of aromatic nitrogens is 2. The van der Waals surface area contributed by atoms with Crippen LogP contribution in [0.5, 0.6) is 5.88 Å². The molecule has 0 N–H and O–H groups in total. The monoisotopic (exact) mass is 381 g/mol. The van der Waals surface area contributed by atoms with E-state index in [1.54, 1.807) is 18.1 Å². The highest BCUT2D eigenvalue weighted by Gasteiger charge is 2.37. The fourth-order valence-electron chi connectivity index (χ4n) is 3.74. The summed E-state index contributed by atoms with van der Waals surface area (Å²) >= 11 is 0. The normalized spacial score (nSPS) is 19.8. The first-order valence-corrected chi connectivity index (χ1v) is 9.42. The van der Waals surface area contributed by atoms with Gasteiger partial charge in [0.05, 0.1) is 13.0 Å². The maximum absolute atomic E-state index is 12.9. The second kappa shape index (κ2) is 7.84. The molecule has 0 aliphatic carbocycles. The maximum atomic E-state index is 12.9. The highest BCUT2D eigenvalue weighted by atomic mass is 16.5. The van der Waals surface area contributed by atoms with Crippen molar-refractivity contribution in [3.63, 3.8) is 0 Å². The lowest BCUT2D eigenvalue weighted by atomic mass is 10.1. The fourth-order valence-corrected chi connectivity index (χ4v) is 3.74. The first-order chi connectivity index (χ1) is 13.7. The molecule has 1 aromatic heterocycles. The quantitative estimate of drug-likeness (QED) is 0.792. The summed E-state index contributed by atoms with van der Waals surface area (Å²) < 4.78 is 5.03. The Labute approximate surface area is 163 Å². The standard InChI is InChI=1S/C20H23N5O3/c1-28-18-8-7-17(21-22-18)23-9-11-24(12-10-23)20(27)15-13-19(26)25(14-15)16-5-3-2-4-6-16/h2-8,15H,9-14H2,1H3/t15-/m1/s1. The van der Waals surface area contributed by atoms with Gasteiger partial charge in [0.25, 0.3) is 0 Å². The molecule has 0 unspecified atom stereocenters. The Bertz CT molecular complexity index is 835. The Balaban J connectivity index is 1.34. The van der Waals surface area contributed by atoms with Crippen molar-refractivity contribution in [2.75, 3.05) is 49.6 Å². The SMILES string of the molecule is COc1ccc(N2CCN(C(=O)[C@@H]3CC(=O)N(c4ccccc4)C3)CC2)nn1. The molecule has 8 heteroatoms. The fraction of sp³-hybridized carbons (Fsp3) is 0.400. The minimum Gasteiger partial charge on any atom is -0.480 e. The van der Waals surface area contributed by atoms with Gasteiger partial charge in [-0.3, -0.25) is 9.59 Å². The number of carbonyl (C=O) groups excluding carboxylic acids is 2. The van der Waals surface area contributed by atoms with Crippen LogP contribution in [-0.2, 0) is 9.59 Å². The molecule has 2 aliphatic rings. The van der Waals surface area contributed by atoms with Crippen molar-refractivity contribution >= 4 is 23.3 Å². The third kappa shape index (κ3) is 3.62. The minimum absolute atomic E-state index is 0.0108. The molecule has 8 nitrogen and oxygen atoms in total. The van der Waals surface area contributed by atoms with E-state index in [4.69, 9.17) is 4.74 Å². The molecule has 2 amide bonds. The average Bonchev–Trinajstić information content (AvgIpc) is 3.15. The molecule has 1 aromatic carbocycles. The van der Waals surface area contributed by atoms with Crippen molar-refractivity contribution in [2.24, 2.45) is 5.92 Å². The van der Waals surface area contributed by atoms with Crippen molar-refractivity contribution in [1.29, 1.82) is 0 Å². The topological polar surface area (TPSA) is 78.9 Å². The minimum atomic E-state index is -0.278. The zero-order chi connectivity index (χ0) is 19.5. The largest absolute Gasteiger partial charge is 0.480 e. The molecule has 2 aliphatic heterocycles. The van der Waals surface area contributed by atoms with E-state index in [1.165, 1.54) is 0 Å². The summed E-state index contributed by atoms with van der Waals surface area (Å²) in [6, 6.07) is 13.2. The van der Waals surface area contributed by atoms with Crippen molar-refractivity contribution in [3.8, 4) is 5.88 Å². The maximum Gasteiger partial charge on any atom is 0.233 e. The van der Waals surface area contributed by atoms with Crippen molar-refractivity contribution in [3.05, 3.63) is 42.5 Å². The number of para-hydroxylation sites is 1. The molecule has 28 heavy (non-hydrogen) atoms. The molecule has 2 aromatic rings. The number of hydrogen-bond donors (Lipinski definition) is 0. The van der Waals surface area contributed by atoms with Gasteiger partial charge >= 0.3 is 0 Å². The molecule has 146 valence electrons. The van der Waals surface area contributed by atoms with Crippen LogP contribution < -0.4 is 14.5 Å². The summed E-state index contributed by atoms with van der Waals surface area (Å²) in [5.41, 5.74) is 0.852.